The van der Waals surface area contributed by atoms with Crippen LogP contribution in [0, 0.1) is 5.92 Å². The standard InChI is InChI=1S/C12H20N4O/c13-4-8-16-6-2-10(3-7-16)12(17)15-11-1-5-14-9-11/h1,5,9-10,14H,2-4,6-8,13H2,(H,15,17). The number of hydrogen-bond acceptors (Lipinski definition) is 3. The Morgan fingerprint density at radius 2 is 2.29 bits per heavy atom. The summed E-state index contributed by atoms with van der Waals surface area (Å²) >= 11 is 0. The third-order valence-electron chi connectivity index (χ3n) is 3.27. The smallest absolute Gasteiger partial charge is 0.227 e. The molecule has 0 spiro atoms. The number of rotatable bonds is 4. The third-order valence-corrected chi connectivity index (χ3v) is 3.27. The summed E-state index contributed by atoms with van der Waals surface area (Å²) in [5.41, 5.74) is 6.37. The van der Waals surface area contributed by atoms with Gasteiger partial charge in [0.1, 0.15) is 0 Å². The summed E-state index contributed by atoms with van der Waals surface area (Å²) in [6, 6.07) is 1.86. The number of nitrogens with zero attached hydrogens (tertiary/aromatic N) is 1. The number of carbonyl (C=O) groups is 1. The van der Waals surface area contributed by atoms with Crippen molar-refractivity contribution >= 4 is 11.6 Å². The SMILES string of the molecule is NCCN1CCC(C(=O)Nc2cc[nH]c2)CC1. The Morgan fingerprint density at radius 3 is 2.88 bits per heavy atom. The van der Waals surface area contributed by atoms with Crippen molar-refractivity contribution in [1.82, 2.24) is 9.88 Å². The van der Waals surface area contributed by atoms with Crippen LogP contribution in [-0.4, -0.2) is 42.0 Å². The number of aromatic nitrogens is 1. The molecule has 0 atom stereocenters. The van der Waals surface area contributed by atoms with E-state index in [2.05, 4.69) is 15.2 Å². The highest BCUT2D eigenvalue weighted by Gasteiger charge is 2.24. The largest absolute Gasteiger partial charge is 0.366 e. The van der Waals surface area contributed by atoms with Crippen LogP contribution in [0.15, 0.2) is 18.5 Å². The van der Waals surface area contributed by atoms with E-state index < -0.39 is 0 Å². The molecule has 5 heteroatoms. The maximum Gasteiger partial charge on any atom is 0.227 e. The molecule has 1 aromatic heterocycles. The minimum atomic E-state index is 0.136. The molecular formula is C12H20N4O. The van der Waals surface area contributed by atoms with Gasteiger partial charge in [-0.2, -0.15) is 0 Å². The van der Waals surface area contributed by atoms with Crippen molar-refractivity contribution in [3.8, 4) is 0 Å². The van der Waals surface area contributed by atoms with Gasteiger partial charge in [-0.05, 0) is 32.0 Å². The van der Waals surface area contributed by atoms with Crippen molar-refractivity contribution in [3.63, 3.8) is 0 Å². The van der Waals surface area contributed by atoms with Crippen LogP contribution in [0.1, 0.15) is 12.8 Å². The predicted octanol–water partition coefficient (Wildman–Crippen LogP) is 0.624. The number of piperidine rings is 1. The summed E-state index contributed by atoms with van der Waals surface area (Å²) in [4.78, 5) is 17.2. The average molecular weight is 236 g/mol. The van der Waals surface area contributed by atoms with Crippen molar-refractivity contribution in [2.45, 2.75) is 12.8 Å². The molecule has 0 bridgehead atoms. The number of hydrogen-bond donors (Lipinski definition) is 3. The van der Waals surface area contributed by atoms with Crippen LogP contribution in [0.25, 0.3) is 0 Å². The molecule has 17 heavy (non-hydrogen) atoms. The quantitative estimate of drug-likeness (QED) is 0.717. The van der Waals surface area contributed by atoms with Crippen LogP contribution in [-0.2, 0) is 4.79 Å². The molecule has 1 aromatic rings. The Kier molecular flexibility index (Phi) is 4.17. The molecule has 5 nitrogen and oxygen atoms in total. The van der Waals surface area contributed by atoms with Crippen LogP contribution < -0.4 is 11.1 Å². The molecule has 0 saturated carbocycles. The van der Waals surface area contributed by atoms with Gasteiger partial charge in [-0.3, -0.25) is 4.79 Å². The van der Waals surface area contributed by atoms with Gasteiger partial charge in [0.25, 0.3) is 0 Å². The number of nitrogens with two attached hydrogens (primary N) is 1. The average Bonchev–Trinajstić information content (AvgIpc) is 2.83. The van der Waals surface area contributed by atoms with Crippen LogP contribution in [0.5, 0.6) is 0 Å². The number of amides is 1. The van der Waals surface area contributed by atoms with E-state index in [0.29, 0.717) is 6.54 Å². The van der Waals surface area contributed by atoms with Gasteiger partial charge in [-0.25, -0.2) is 0 Å². The number of likely N-dealkylation sites (tertiary alicyclic amines) is 1. The lowest BCUT2D eigenvalue weighted by molar-refractivity contribution is -0.121. The van der Waals surface area contributed by atoms with E-state index in [9.17, 15) is 4.79 Å². The lowest BCUT2D eigenvalue weighted by Crippen LogP contribution is -2.40. The second-order valence-corrected chi connectivity index (χ2v) is 4.49. The van der Waals surface area contributed by atoms with Gasteiger partial charge in [0.15, 0.2) is 0 Å². The van der Waals surface area contributed by atoms with Gasteiger partial charge in [-0.15, -0.1) is 0 Å². The zero-order valence-electron chi connectivity index (χ0n) is 9.98. The molecule has 0 aliphatic carbocycles. The molecule has 1 amide bonds. The summed E-state index contributed by atoms with van der Waals surface area (Å²) in [6.07, 6.45) is 5.45. The Morgan fingerprint density at radius 1 is 1.53 bits per heavy atom. The molecule has 4 N–H and O–H groups in total. The lowest BCUT2D eigenvalue weighted by atomic mass is 9.96. The highest BCUT2D eigenvalue weighted by Crippen LogP contribution is 2.18. The Hall–Kier alpha value is -1.33. The van der Waals surface area contributed by atoms with E-state index in [4.69, 9.17) is 5.73 Å². The molecular weight excluding hydrogens is 216 g/mol. The molecule has 1 aliphatic rings. The Labute approximate surface area is 101 Å². The first-order valence-corrected chi connectivity index (χ1v) is 6.15. The van der Waals surface area contributed by atoms with E-state index in [1.54, 1.807) is 12.4 Å². The molecule has 1 fully saturated rings. The number of H-pyrrole nitrogens is 1. The van der Waals surface area contributed by atoms with Gasteiger partial charge >= 0.3 is 0 Å². The van der Waals surface area contributed by atoms with Gasteiger partial charge in [0.05, 0.1) is 5.69 Å². The van der Waals surface area contributed by atoms with E-state index in [-0.39, 0.29) is 11.8 Å². The fraction of sp³-hybridized carbons (Fsp3) is 0.583. The van der Waals surface area contributed by atoms with Crippen LogP contribution in [0.4, 0.5) is 5.69 Å². The first-order valence-electron chi connectivity index (χ1n) is 6.15. The van der Waals surface area contributed by atoms with E-state index in [0.717, 1.165) is 38.2 Å². The monoisotopic (exact) mass is 236 g/mol. The van der Waals surface area contributed by atoms with E-state index in [1.165, 1.54) is 0 Å². The molecule has 94 valence electrons. The second-order valence-electron chi connectivity index (χ2n) is 4.49. The van der Waals surface area contributed by atoms with Crippen molar-refractivity contribution in [3.05, 3.63) is 18.5 Å². The second kappa shape index (κ2) is 5.84. The molecule has 0 radical (unpaired) electrons. The van der Waals surface area contributed by atoms with Crippen molar-refractivity contribution < 1.29 is 4.79 Å². The minimum absolute atomic E-state index is 0.136. The highest BCUT2D eigenvalue weighted by molar-refractivity contribution is 5.92. The van der Waals surface area contributed by atoms with Gasteiger partial charge in [-0.1, -0.05) is 0 Å². The summed E-state index contributed by atoms with van der Waals surface area (Å²) < 4.78 is 0. The maximum atomic E-state index is 12.0. The van der Waals surface area contributed by atoms with Gasteiger partial charge in [0, 0.05) is 31.4 Å². The van der Waals surface area contributed by atoms with Crippen molar-refractivity contribution in [2.24, 2.45) is 11.7 Å². The molecule has 1 aliphatic heterocycles. The van der Waals surface area contributed by atoms with Gasteiger partial charge in [0.2, 0.25) is 5.91 Å². The van der Waals surface area contributed by atoms with Crippen LogP contribution in [0.2, 0.25) is 0 Å². The summed E-state index contributed by atoms with van der Waals surface area (Å²) in [6.45, 7) is 3.58. The summed E-state index contributed by atoms with van der Waals surface area (Å²) in [7, 11) is 0. The van der Waals surface area contributed by atoms with Crippen LogP contribution >= 0.6 is 0 Å². The normalized spacial score (nSPS) is 18.2. The first-order chi connectivity index (χ1) is 8.29. The number of aromatic amines is 1. The van der Waals surface area contributed by atoms with Crippen LogP contribution in [0.3, 0.4) is 0 Å². The number of anilines is 1. The zero-order chi connectivity index (χ0) is 12.1. The van der Waals surface area contributed by atoms with E-state index in [1.807, 2.05) is 6.07 Å². The third kappa shape index (κ3) is 3.31. The highest BCUT2D eigenvalue weighted by atomic mass is 16.1. The first kappa shape index (κ1) is 12.1. The van der Waals surface area contributed by atoms with Crippen molar-refractivity contribution in [2.75, 3.05) is 31.5 Å². The Balaban J connectivity index is 1.78. The lowest BCUT2D eigenvalue weighted by Gasteiger charge is -2.30. The summed E-state index contributed by atoms with van der Waals surface area (Å²) in [5.74, 6) is 0.274. The Bertz CT molecular complexity index is 341. The minimum Gasteiger partial charge on any atom is -0.366 e. The molecule has 0 aromatic carbocycles. The molecule has 2 rings (SSSR count). The van der Waals surface area contributed by atoms with E-state index >= 15 is 0 Å². The zero-order valence-corrected chi connectivity index (χ0v) is 9.98. The molecule has 0 unspecified atom stereocenters. The predicted molar refractivity (Wildman–Crippen MR) is 67.6 cm³/mol. The maximum absolute atomic E-state index is 12.0. The summed E-state index contributed by atoms with van der Waals surface area (Å²) in [5, 5.41) is 2.93. The number of nitrogens with one attached hydrogen (secondary N) is 2. The fourth-order valence-corrected chi connectivity index (χ4v) is 2.25. The molecule has 1 saturated heterocycles. The topological polar surface area (TPSA) is 74.2 Å². The van der Waals surface area contributed by atoms with Gasteiger partial charge < -0.3 is 20.9 Å². The number of carbonyl (C=O) groups excluding carboxylic acids is 1. The molecule has 2 heterocycles. The fourth-order valence-electron chi connectivity index (χ4n) is 2.25. The van der Waals surface area contributed by atoms with Crippen molar-refractivity contribution in [1.29, 1.82) is 0 Å².